The molecule has 0 radical (unpaired) electrons. The maximum Gasteiger partial charge on any atom is 0.227 e. The van der Waals surface area contributed by atoms with Gasteiger partial charge >= 0.3 is 0 Å². The van der Waals surface area contributed by atoms with Crippen molar-refractivity contribution in [1.82, 2.24) is 9.97 Å². The van der Waals surface area contributed by atoms with Gasteiger partial charge in [0.1, 0.15) is 9.21 Å². The first-order chi connectivity index (χ1) is 8.20. The maximum absolute atomic E-state index is 11.8. The summed E-state index contributed by atoms with van der Waals surface area (Å²) in [6.07, 6.45) is 1.76. The fraction of sp³-hybridized carbons (Fsp3) is 0.545. The second kappa shape index (κ2) is 6.08. The molecule has 0 bridgehead atoms. The van der Waals surface area contributed by atoms with Gasteiger partial charge in [0, 0.05) is 12.5 Å². The highest BCUT2D eigenvalue weighted by Gasteiger charge is 2.23. The summed E-state index contributed by atoms with van der Waals surface area (Å²) < 4.78 is 1.08. The van der Waals surface area contributed by atoms with Crippen LogP contribution in [0.3, 0.4) is 0 Å². The summed E-state index contributed by atoms with van der Waals surface area (Å²) in [6.45, 7) is 6.00. The average molecular weight is 380 g/mol. The van der Waals surface area contributed by atoms with Crippen LogP contribution < -0.4 is 11.1 Å². The highest BCUT2D eigenvalue weighted by Crippen LogP contribution is 2.22. The second-order valence-corrected chi connectivity index (χ2v) is 6.62. The predicted octanol–water partition coefficient (Wildman–Crippen LogP) is 2.70. The van der Waals surface area contributed by atoms with Crippen LogP contribution in [0.25, 0.3) is 0 Å². The van der Waals surface area contributed by atoms with Gasteiger partial charge in [0.15, 0.2) is 5.82 Å². The lowest BCUT2D eigenvalue weighted by Gasteiger charge is -2.26. The van der Waals surface area contributed by atoms with Crippen molar-refractivity contribution >= 4 is 43.6 Å². The average Bonchev–Trinajstić information content (AvgIpc) is 2.20. The van der Waals surface area contributed by atoms with E-state index >= 15 is 0 Å². The van der Waals surface area contributed by atoms with E-state index in [0.717, 1.165) is 0 Å². The molecule has 3 N–H and O–H groups in total. The van der Waals surface area contributed by atoms with Gasteiger partial charge in [-0.3, -0.25) is 4.79 Å². The van der Waals surface area contributed by atoms with Crippen molar-refractivity contribution in [1.29, 1.82) is 0 Å². The summed E-state index contributed by atoms with van der Waals surface area (Å²) in [4.78, 5) is 20.0. The van der Waals surface area contributed by atoms with Crippen LogP contribution in [0.4, 0.5) is 5.82 Å². The molecule has 18 heavy (non-hydrogen) atoms. The fourth-order valence-corrected chi connectivity index (χ4v) is 2.03. The van der Waals surface area contributed by atoms with Crippen LogP contribution in [0.15, 0.2) is 15.4 Å². The number of nitrogens with two attached hydrogens (primary N) is 1. The number of carbonyl (C=O) groups excluding carboxylic acids is 1. The number of rotatable bonds is 3. The van der Waals surface area contributed by atoms with E-state index in [1.165, 1.54) is 6.20 Å². The van der Waals surface area contributed by atoms with Crippen molar-refractivity contribution in [2.24, 2.45) is 11.1 Å². The molecule has 0 aromatic carbocycles. The van der Waals surface area contributed by atoms with Crippen molar-refractivity contribution in [3.63, 3.8) is 0 Å². The van der Waals surface area contributed by atoms with E-state index in [-0.39, 0.29) is 23.8 Å². The summed E-state index contributed by atoms with van der Waals surface area (Å²) in [7, 11) is 0. The monoisotopic (exact) mass is 378 g/mol. The summed E-state index contributed by atoms with van der Waals surface area (Å²) >= 11 is 6.42. The zero-order valence-corrected chi connectivity index (χ0v) is 13.7. The van der Waals surface area contributed by atoms with Crippen LogP contribution in [0, 0.1) is 5.41 Å². The van der Waals surface area contributed by atoms with Gasteiger partial charge in [0.25, 0.3) is 0 Å². The lowest BCUT2D eigenvalue weighted by atomic mass is 9.85. The van der Waals surface area contributed by atoms with Crippen LogP contribution in [-0.4, -0.2) is 21.9 Å². The number of hydrogen-bond donors (Lipinski definition) is 2. The Hall–Kier alpha value is -0.530. The van der Waals surface area contributed by atoms with Crippen molar-refractivity contribution in [3.05, 3.63) is 15.4 Å². The first-order valence-corrected chi connectivity index (χ1v) is 7.02. The number of amides is 1. The van der Waals surface area contributed by atoms with Crippen LogP contribution >= 0.6 is 31.9 Å². The molecule has 0 spiro atoms. The van der Waals surface area contributed by atoms with Gasteiger partial charge in [-0.15, -0.1) is 0 Å². The molecule has 7 heteroatoms. The zero-order chi connectivity index (χ0) is 13.9. The van der Waals surface area contributed by atoms with Gasteiger partial charge < -0.3 is 11.1 Å². The van der Waals surface area contributed by atoms with Crippen LogP contribution in [-0.2, 0) is 4.79 Å². The lowest BCUT2D eigenvalue weighted by Crippen LogP contribution is -2.38. The lowest BCUT2D eigenvalue weighted by molar-refractivity contribution is -0.117. The Morgan fingerprint density at radius 1 is 1.50 bits per heavy atom. The number of hydrogen-bond acceptors (Lipinski definition) is 4. The molecule has 1 aromatic heterocycles. The number of aromatic nitrogens is 2. The van der Waals surface area contributed by atoms with Gasteiger partial charge in [0.2, 0.25) is 5.91 Å². The molecule has 0 aliphatic rings. The molecule has 1 rings (SSSR count). The van der Waals surface area contributed by atoms with Crippen molar-refractivity contribution in [2.75, 3.05) is 5.32 Å². The largest absolute Gasteiger partial charge is 0.327 e. The van der Waals surface area contributed by atoms with E-state index in [1.54, 1.807) is 0 Å². The molecule has 1 atom stereocenters. The van der Waals surface area contributed by atoms with Crippen molar-refractivity contribution < 1.29 is 4.79 Å². The van der Waals surface area contributed by atoms with Gasteiger partial charge in [-0.05, 0) is 37.3 Å². The summed E-state index contributed by atoms with van der Waals surface area (Å²) in [5.41, 5.74) is 5.84. The molecule has 1 unspecified atom stereocenters. The van der Waals surface area contributed by atoms with Gasteiger partial charge in [-0.2, -0.15) is 0 Å². The molecule has 0 saturated heterocycles. The second-order valence-electron chi connectivity index (χ2n) is 5.06. The Morgan fingerprint density at radius 3 is 2.61 bits per heavy atom. The third-order valence-corrected chi connectivity index (χ3v) is 3.41. The van der Waals surface area contributed by atoms with Crippen molar-refractivity contribution in [3.8, 4) is 0 Å². The van der Waals surface area contributed by atoms with Crippen LogP contribution in [0.2, 0.25) is 0 Å². The number of anilines is 1. The molecule has 5 nitrogen and oxygen atoms in total. The van der Waals surface area contributed by atoms with E-state index in [0.29, 0.717) is 15.0 Å². The molecule has 100 valence electrons. The summed E-state index contributed by atoms with van der Waals surface area (Å²) in [5, 5.41) is 2.68. The smallest absolute Gasteiger partial charge is 0.227 e. The molecule has 1 aromatic rings. The third-order valence-electron chi connectivity index (χ3n) is 2.48. The first kappa shape index (κ1) is 15.5. The number of halogens is 2. The Balaban J connectivity index is 2.65. The molecular weight excluding hydrogens is 364 g/mol. The van der Waals surface area contributed by atoms with Gasteiger partial charge in [-0.1, -0.05) is 20.8 Å². The van der Waals surface area contributed by atoms with Crippen molar-refractivity contribution in [2.45, 2.75) is 33.2 Å². The normalized spacial score (nSPS) is 13.2. The first-order valence-electron chi connectivity index (χ1n) is 5.43. The Kier molecular flexibility index (Phi) is 5.24. The minimum atomic E-state index is -0.209. The quantitative estimate of drug-likeness (QED) is 0.845. The third kappa shape index (κ3) is 4.62. The standard InChI is InChI=1S/C11H16Br2N4O/c1-11(2,3)6(14)4-8(18)17-10-9(13)16-7(12)5-15-10/h5-6H,4,14H2,1-3H3,(H,15,17,18). The summed E-state index contributed by atoms with van der Waals surface area (Å²) in [5.74, 6) is 0.221. The van der Waals surface area contributed by atoms with E-state index in [9.17, 15) is 4.79 Å². The summed E-state index contributed by atoms with van der Waals surface area (Å²) in [6, 6.07) is -0.209. The topological polar surface area (TPSA) is 80.9 Å². The molecular formula is C11H16Br2N4O. The molecule has 0 saturated carbocycles. The molecule has 1 heterocycles. The fourth-order valence-electron chi connectivity index (χ4n) is 1.12. The van der Waals surface area contributed by atoms with E-state index < -0.39 is 0 Å². The predicted molar refractivity (Wildman–Crippen MR) is 78.1 cm³/mol. The highest BCUT2D eigenvalue weighted by atomic mass is 79.9. The van der Waals surface area contributed by atoms with Gasteiger partial charge in [-0.25, -0.2) is 9.97 Å². The molecule has 0 fully saturated rings. The highest BCUT2D eigenvalue weighted by molar-refractivity contribution is 9.11. The number of nitrogens with zero attached hydrogens (tertiary/aromatic N) is 2. The maximum atomic E-state index is 11.8. The number of carbonyl (C=O) groups is 1. The Labute approximate surface area is 123 Å². The van der Waals surface area contributed by atoms with E-state index in [2.05, 4.69) is 47.1 Å². The van der Waals surface area contributed by atoms with Gasteiger partial charge in [0.05, 0.1) is 6.20 Å². The SMILES string of the molecule is CC(C)(C)C(N)CC(=O)Nc1ncc(Br)nc1Br. The van der Waals surface area contributed by atoms with E-state index in [1.807, 2.05) is 20.8 Å². The minimum absolute atomic E-state index is 0.111. The Morgan fingerprint density at radius 2 is 2.11 bits per heavy atom. The molecule has 1 amide bonds. The van der Waals surface area contributed by atoms with E-state index in [4.69, 9.17) is 5.73 Å². The minimum Gasteiger partial charge on any atom is -0.327 e. The molecule has 0 aliphatic heterocycles. The Bertz CT molecular complexity index is 445. The van der Waals surface area contributed by atoms with Crippen LogP contribution in [0.1, 0.15) is 27.2 Å². The number of nitrogens with one attached hydrogen (secondary N) is 1. The molecule has 0 aliphatic carbocycles. The van der Waals surface area contributed by atoms with Crippen LogP contribution in [0.5, 0.6) is 0 Å². The zero-order valence-electron chi connectivity index (χ0n) is 10.5.